The Balaban J connectivity index is 1.35. The summed E-state index contributed by atoms with van der Waals surface area (Å²) in [5, 5.41) is 3.46. The van der Waals surface area contributed by atoms with Crippen LogP contribution in [0.4, 0.5) is 5.69 Å². The maximum atomic E-state index is 13.8. The van der Waals surface area contributed by atoms with E-state index in [-0.39, 0.29) is 35.9 Å². The van der Waals surface area contributed by atoms with Gasteiger partial charge in [0.25, 0.3) is 0 Å². The summed E-state index contributed by atoms with van der Waals surface area (Å²) in [5.74, 6) is 0.225. The number of hydrogen-bond acceptors (Lipinski definition) is 5. The molecule has 2 atom stereocenters. The first-order chi connectivity index (χ1) is 17.3. The third-order valence-electron chi connectivity index (χ3n) is 7.94. The Morgan fingerprint density at radius 1 is 1.11 bits per heavy atom. The molecule has 0 bridgehead atoms. The van der Waals surface area contributed by atoms with Crippen LogP contribution in [-0.2, 0) is 21.4 Å². The standard InChI is InChI=1S/C29H39N5O2/c1-21-18-33(26(17-30-21)28(36)32-12-8-5-9-13-32)19-27(35)34-20-29(2,3)24-16-31-23(15-25(24)34)14-22-10-6-4-7-11-22/h4,6-7,10-11,15-16,21,26,30H,5,8-9,12-14,17-20H2,1-3H3/t21-,26-/m1/s1. The second-order valence-corrected chi connectivity index (χ2v) is 11.4. The van der Waals surface area contributed by atoms with Crippen LogP contribution in [0.5, 0.6) is 0 Å². The van der Waals surface area contributed by atoms with E-state index in [2.05, 4.69) is 49.2 Å². The van der Waals surface area contributed by atoms with Gasteiger partial charge in [0.2, 0.25) is 11.8 Å². The largest absolute Gasteiger partial charge is 0.341 e. The molecule has 2 fully saturated rings. The van der Waals surface area contributed by atoms with Crippen LogP contribution >= 0.6 is 0 Å². The third-order valence-corrected chi connectivity index (χ3v) is 7.94. The third kappa shape index (κ3) is 5.18. The first kappa shape index (κ1) is 24.9. The van der Waals surface area contributed by atoms with Crippen molar-refractivity contribution in [2.45, 2.75) is 64.0 Å². The van der Waals surface area contributed by atoms with Crippen molar-refractivity contribution in [3.8, 4) is 0 Å². The van der Waals surface area contributed by atoms with Crippen LogP contribution in [0, 0.1) is 0 Å². The summed E-state index contributed by atoms with van der Waals surface area (Å²) >= 11 is 0. The molecule has 4 heterocycles. The first-order valence-electron chi connectivity index (χ1n) is 13.4. The Bertz CT molecular complexity index is 1100. The molecule has 0 spiro atoms. The monoisotopic (exact) mass is 489 g/mol. The second kappa shape index (κ2) is 10.3. The van der Waals surface area contributed by atoms with Crippen LogP contribution < -0.4 is 10.2 Å². The van der Waals surface area contributed by atoms with Crippen LogP contribution in [0.2, 0.25) is 0 Å². The number of rotatable bonds is 5. The number of benzene rings is 1. The van der Waals surface area contributed by atoms with E-state index in [1.54, 1.807) is 0 Å². The molecule has 192 valence electrons. The van der Waals surface area contributed by atoms with E-state index in [1.807, 2.05) is 34.2 Å². The zero-order valence-corrected chi connectivity index (χ0v) is 21.9. The minimum absolute atomic E-state index is 0.0595. The Morgan fingerprint density at radius 3 is 2.61 bits per heavy atom. The number of carbonyl (C=O) groups is 2. The Labute approximate surface area is 214 Å². The molecule has 5 rings (SSSR count). The summed E-state index contributed by atoms with van der Waals surface area (Å²) in [6.45, 7) is 10.3. The molecule has 0 aliphatic carbocycles. The molecule has 1 aromatic heterocycles. The lowest BCUT2D eigenvalue weighted by Gasteiger charge is -2.41. The van der Waals surface area contributed by atoms with Gasteiger partial charge in [-0.3, -0.25) is 19.5 Å². The van der Waals surface area contributed by atoms with Crippen molar-refractivity contribution in [1.29, 1.82) is 0 Å². The number of anilines is 1. The Morgan fingerprint density at radius 2 is 1.86 bits per heavy atom. The minimum atomic E-state index is -0.288. The lowest BCUT2D eigenvalue weighted by molar-refractivity contribution is -0.139. The normalized spacial score (nSPS) is 24.0. The summed E-state index contributed by atoms with van der Waals surface area (Å²) in [6, 6.07) is 12.3. The molecule has 0 unspecified atom stereocenters. The molecule has 36 heavy (non-hydrogen) atoms. The average Bonchev–Trinajstić information content (AvgIpc) is 3.15. The van der Waals surface area contributed by atoms with Gasteiger partial charge in [0, 0.05) is 68.1 Å². The number of likely N-dealkylation sites (tertiary alicyclic amines) is 1. The predicted octanol–water partition coefficient (Wildman–Crippen LogP) is 2.97. The highest BCUT2D eigenvalue weighted by Crippen LogP contribution is 2.40. The zero-order valence-electron chi connectivity index (χ0n) is 21.9. The fourth-order valence-corrected chi connectivity index (χ4v) is 5.91. The highest BCUT2D eigenvalue weighted by atomic mass is 16.2. The van der Waals surface area contributed by atoms with E-state index in [1.165, 1.54) is 12.0 Å². The summed E-state index contributed by atoms with van der Waals surface area (Å²) < 4.78 is 0. The topological polar surface area (TPSA) is 68.8 Å². The number of piperazine rings is 1. The van der Waals surface area contributed by atoms with Crippen molar-refractivity contribution < 1.29 is 9.59 Å². The fraction of sp³-hybridized carbons (Fsp3) is 0.552. The molecule has 2 saturated heterocycles. The van der Waals surface area contributed by atoms with Crippen LogP contribution in [0.3, 0.4) is 0 Å². The fourth-order valence-electron chi connectivity index (χ4n) is 5.91. The van der Waals surface area contributed by atoms with Gasteiger partial charge >= 0.3 is 0 Å². The summed E-state index contributed by atoms with van der Waals surface area (Å²) in [5.41, 5.74) is 4.08. The first-order valence-corrected chi connectivity index (χ1v) is 13.4. The number of aromatic nitrogens is 1. The Hall–Kier alpha value is -2.77. The quantitative estimate of drug-likeness (QED) is 0.700. The van der Waals surface area contributed by atoms with Gasteiger partial charge in [0.05, 0.1) is 12.2 Å². The van der Waals surface area contributed by atoms with Gasteiger partial charge in [-0.2, -0.15) is 0 Å². The molecular formula is C29H39N5O2. The van der Waals surface area contributed by atoms with Crippen molar-refractivity contribution in [1.82, 2.24) is 20.1 Å². The maximum Gasteiger partial charge on any atom is 0.241 e. The molecule has 3 aliphatic rings. The van der Waals surface area contributed by atoms with Crippen LogP contribution in [0.15, 0.2) is 42.6 Å². The predicted molar refractivity (Wildman–Crippen MR) is 142 cm³/mol. The van der Waals surface area contributed by atoms with Gasteiger partial charge in [-0.25, -0.2) is 0 Å². The molecule has 7 nitrogen and oxygen atoms in total. The number of nitrogens with one attached hydrogen (secondary N) is 1. The van der Waals surface area contributed by atoms with E-state index in [0.29, 0.717) is 19.6 Å². The molecule has 7 heteroatoms. The number of carbonyl (C=O) groups excluding carboxylic acids is 2. The van der Waals surface area contributed by atoms with Crippen LogP contribution in [0.1, 0.15) is 56.9 Å². The maximum absolute atomic E-state index is 13.8. The second-order valence-electron chi connectivity index (χ2n) is 11.4. The highest BCUT2D eigenvalue weighted by Gasteiger charge is 2.41. The molecule has 2 aromatic rings. The number of piperidine rings is 1. The summed E-state index contributed by atoms with van der Waals surface area (Å²) in [6.07, 6.45) is 6.02. The van der Waals surface area contributed by atoms with Crippen LogP contribution in [0.25, 0.3) is 0 Å². The summed E-state index contributed by atoms with van der Waals surface area (Å²) in [7, 11) is 0. The van der Waals surface area contributed by atoms with E-state index >= 15 is 0 Å². The van der Waals surface area contributed by atoms with Gasteiger partial charge in [-0.1, -0.05) is 44.2 Å². The number of hydrogen-bond donors (Lipinski definition) is 1. The van der Waals surface area contributed by atoms with E-state index < -0.39 is 0 Å². The molecule has 0 saturated carbocycles. The number of pyridine rings is 1. The zero-order chi connectivity index (χ0) is 25.3. The SMILES string of the molecule is C[C@@H]1CN(CC(=O)N2CC(C)(C)c3cnc(Cc4ccccc4)cc32)[C@@H](C(=O)N2CCCCC2)CN1. The van der Waals surface area contributed by atoms with E-state index in [0.717, 1.165) is 49.3 Å². The number of fused-ring (bicyclic) bond motifs is 1. The summed E-state index contributed by atoms with van der Waals surface area (Å²) in [4.78, 5) is 38.0. The Kier molecular flexibility index (Phi) is 7.13. The van der Waals surface area contributed by atoms with Crippen molar-refractivity contribution in [3.63, 3.8) is 0 Å². The minimum Gasteiger partial charge on any atom is -0.341 e. The lowest BCUT2D eigenvalue weighted by atomic mass is 9.88. The van der Waals surface area contributed by atoms with Gasteiger partial charge in [-0.15, -0.1) is 0 Å². The molecular weight excluding hydrogens is 450 g/mol. The van der Waals surface area contributed by atoms with Gasteiger partial charge in [0.15, 0.2) is 0 Å². The average molecular weight is 490 g/mol. The van der Waals surface area contributed by atoms with E-state index in [9.17, 15) is 9.59 Å². The van der Waals surface area contributed by atoms with Crippen molar-refractivity contribution in [2.24, 2.45) is 0 Å². The van der Waals surface area contributed by atoms with Gasteiger partial charge in [-0.05, 0) is 37.8 Å². The lowest BCUT2D eigenvalue weighted by Crippen LogP contribution is -2.63. The van der Waals surface area contributed by atoms with Crippen molar-refractivity contribution >= 4 is 17.5 Å². The van der Waals surface area contributed by atoms with Crippen molar-refractivity contribution in [3.05, 3.63) is 59.4 Å². The number of amides is 2. The smallest absolute Gasteiger partial charge is 0.241 e. The van der Waals surface area contributed by atoms with E-state index in [4.69, 9.17) is 4.98 Å². The molecule has 3 aliphatic heterocycles. The highest BCUT2D eigenvalue weighted by molar-refractivity contribution is 5.98. The molecule has 1 N–H and O–H groups in total. The molecule has 1 aromatic carbocycles. The molecule has 2 amide bonds. The van der Waals surface area contributed by atoms with Crippen molar-refractivity contribution in [2.75, 3.05) is 44.2 Å². The van der Waals surface area contributed by atoms with Gasteiger partial charge in [0.1, 0.15) is 6.04 Å². The van der Waals surface area contributed by atoms with Gasteiger partial charge < -0.3 is 15.1 Å². The van der Waals surface area contributed by atoms with Crippen LogP contribution in [-0.4, -0.2) is 78.0 Å². The molecule has 0 radical (unpaired) electrons. The number of nitrogens with zero attached hydrogens (tertiary/aromatic N) is 4.